The molecule has 0 radical (unpaired) electrons. The molecule has 176 valence electrons. The van der Waals surface area contributed by atoms with Crippen LogP contribution in [0.15, 0.2) is 34.8 Å². The minimum atomic E-state index is -2.98. The van der Waals surface area contributed by atoms with Crippen LogP contribution in [0, 0.1) is 0 Å². The van der Waals surface area contributed by atoms with E-state index in [0.29, 0.717) is 24.8 Å². The summed E-state index contributed by atoms with van der Waals surface area (Å²) in [6, 6.07) is 7.70. The highest BCUT2D eigenvalue weighted by atomic mass is 79.9. The highest BCUT2D eigenvalue weighted by Crippen LogP contribution is 2.47. The summed E-state index contributed by atoms with van der Waals surface area (Å²) in [4.78, 5) is 18.3. The fraction of sp³-hybridized carbons (Fsp3) is 0.500. The van der Waals surface area contributed by atoms with Gasteiger partial charge in [0.05, 0.1) is 0 Å². The Morgan fingerprint density at radius 1 is 1.21 bits per heavy atom. The largest absolute Gasteiger partial charge is 0.474 e. The number of amides is 1. The average molecular weight is 523 g/mol. The van der Waals surface area contributed by atoms with Crippen molar-refractivity contribution in [2.75, 3.05) is 0 Å². The number of carbonyl (C=O) groups is 1. The Morgan fingerprint density at radius 2 is 1.97 bits per heavy atom. The van der Waals surface area contributed by atoms with E-state index in [1.807, 2.05) is 24.3 Å². The highest BCUT2D eigenvalue weighted by molar-refractivity contribution is 9.10. The molecule has 9 heteroatoms. The first-order chi connectivity index (χ1) is 15.5. The van der Waals surface area contributed by atoms with Crippen molar-refractivity contribution in [2.45, 2.75) is 76.4 Å². The fourth-order valence-corrected chi connectivity index (χ4v) is 5.30. The Morgan fingerprint density at radius 3 is 2.70 bits per heavy atom. The third kappa shape index (κ3) is 4.27. The summed E-state index contributed by atoms with van der Waals surface area (Å²) in [6.07, 6.45) is -1.26. The number of rotatable bonds is 2. The molecule has 3 aliphatic rings. The topological polar surface area (TPSA) is 60.9 Å². The van der Waals surface area contributed by atoms with Gasteiger partial charge in [0.2, 0.25) is 11.8 Å². The number of aromatic nitrogens is 1. The molecule has 0 saturated carbocycles. The van der Waals surface area contributed by atoms with Gasteiger partial charge in [0.1, 0.15) is 24.4 Å². The molecule has 2 fully saturated rings. The molecular weight excluding hydrogens is 498 g/mol. The Labute approximate surface area is 199 Å². The van der Waals surface area contributed by atoms with Gasteiger partial charge in [-0.2, -0.15) is 4.98 Å². The minimum absolute atomic E-state index is 0.0131. The lowest BCUT2D eigenvalue weighted by Crippen LogP contribution is -2.53. The number of fused-ring (bicyclic) bond motifs is 5. The Kier molecular flexibility index (Phi) is 5.30. The maximum absolute atomic E-state index is 14.7. The van der Waals surface area contributed by atoms with Crippen LogP contribution in [-0.2, 0) is 11.3 Å². The van der Waals surface area contributed by atoms with Gasteiger partial charge in [-0.05, 0) is 50.1 Å². The van der Waals surface area contributed by atoms with Crippen LogP contribution in [0.2, 0.25) is 0 Å². The summed E-state index contributed by atoms with van der Waals surface area (Å²) in [6.45, 7) is 5.56. The average Bonchev–Trinajstić information content (AvgIpc) is 2.88. The fourth-order valence-electron chi connectivity index (χ4n) is 4.89. The maximum atomic E-state index is 14.7. The van der Waals surface area contributed by atoms with Crippen molar-refractivity contribution in [1.29, 1.82) is 0 Å². The number of benzene rings is 1. The summed E-state index contributed by atoms with van der Waals surface area (Å²) < 4.78 is 47.6. The number of piperidine rings is 1. The van der Waals surface area contributed by atoms with Crippen LogP contribution in [0.25, 0.3) is 11.1 Å². The van der Waals surface area contributed by atoms with Crippen molar-refractivity contribution in [3.8, 4) is 22.9 Å². The summed E-state index contributed by atoms with van der Waals surface area (Å²) in [5.41, 5.74) is 2.21. The van der Waals surface area contributed by atoms with Crippen LogP contribution in [-0.4, -0.2) is 45.7 Å². The third-order valence-electron chi connectivity index (χ3n) is 6.19. The van der Waals surface area contributed by atoms with Gasteiger partial charge in [-0.15, -0.1) is 0 Å². The van der Waals surface area contributed by atoms with Crippen molar-refractivity contribution < 1.29 is 27.8 Å². The van der Waals surface area contributed by atoms with Gasteiger partial charge >= 0.3 is 6.09 Å². The molecule has 1 aromatic carbocycles. The molecule has 2 saturated heterocycles. The molecule has 33 heavy (non-hydrogen) atoms. The van der Waals surface area contributed by atoms with Crippen LogP contribution >= 0.6 is 15.9 Å². The van der Waals surface area contributed by atoms with Gasteiger partial charge in [-0.25, -0.2) is 13.6 Å². The number of hydrogen-bond donors (Lipinski definition) is 0. The van der Waals surface area contributed by atoms with Gasteiger partial charge < -0.3 is 14.2 Å². The number of pyridine rings is 1. The molecular formula is C24H25BrF2N2O4. The smallest absolute Gasteiger partial charge is 0.411 e. The minimum Gasteiger partial charge on any atom is -0.474 e. The van der Waals surface area contributed by atoms with E-state index in [4.69, 9.17) is 14.2 Å². The molecule has 0 aliphatic carbocycles. The predicted molar refractivity (Wildman–Crippen MR) is 121 cm³/mol. The lowest BCUT2D eigenvalue weighted by Gasteiger charge is -2.39. The summed E-state index contributed by atoms with van der Waals surface area (Å²) in [5.74, 6) is -2.20. The number of hydrogen-bond acceptors (Lipinski definition) is 5. The second-order valence-corrected chi connectivity index (χ2v) is 10.7. The zero-order chi connectivity index (χ0) is 23.5. The van der Waals surface area contributed by atoms with Crippen molar-refractivity contribution in [3.05, 3.63) is 40.4 Å². The monoisotopic (exact) mass is 522 g/mol. The van der Waals surface area contributed by atoms with Gasteiger partial charge in [0, 0.05) is 41.4 Å². The van der Waals surface area contributed by atoms with Gasteiger partial charge in [-0.3, -0.25) is 4.90 Å². The predicted octanol–water partition coefficient (Wildman–Crippen LogP) is 5.96. The van der Waals surface area contributed by atoms with E-state index in [1.165, 1.54) is 4.90 Å². The van der Waals surface area contributed by atoms with Gasteiger partial charge in [0.25, 0.3) is 5.92 Å². The molecule has 2 aromatic rings. The summed E-state index contributed by atoms with van der Waals surface area (Å²) >= 11 is 3.47. The SMILES string of the molecule is CC(C)(C)OC(=O)N1C2CC(Oc3ccc4c(n3)OCc3cc(Br)ccc3-4)CC1C(F)(F)C2. The lowest BCUT2D eigenvalue weighted by atomic mass is 9.99. The molecule has 4 heterocycles. The first kappa shape index (κ1) is 22.4. The van der Waals surface area contributed by atoms with Crippen LogP contribution in [0.1, 0.15) is 45.6 Å². The molecule has 3 unspecified atom stereocenters. The molecule has 3 atom stereocenters. The maximum Gasteiger partial charge on any atom is 0.411 e. The molecule has 2 bridgehead atoms. The van der Waals surface area contributed by atoms with Crippen molar-refractivity contribution in [2.24, 2.45) is 0 Å². The molecule has 5 rings (SSSR count). The third-order valence-corrected chi connectivity index (χ3v) is 6.69. The van der Waals surface area contributed by atoms with Gasteiger partial charge in [-0.1, -0.05) is 22.0 Å². The standard InChI is InChI=1S/C24H25BrF2N2O4/c1-23(2,3)33-22(30)29-15-9-16(10-19(29)24(26,27)11-15)32-20-7-6-18-17-5-4-14(25)8-13(17)12-31-21(18)28-20/h4-8,15-16,19H,9-12H2,1-3H3. The Bertz CT molecular complexity index is 1100. The number of nitrogens with zero attached hydrogens (tertiary/aromatic N) is 2. The number of carbonyl (C=O) groups excluding carboxylic acids is 1. The lowest BCUT2D eigenvalue weighted by molar-refractivity contribution is -0.0608. The molecule has 3 aliphatic heterocycles. The van der Waals surface area contributed by atoms with E-state index >= 15 is 0 Å². The number of alkyl halides is 2. The quantitative estimate of drug-likeness (QED) is 0.487. The first-order valence-electron chi connectivity index (χ1n) is 11.0. The van der Waals surface area contributed by atoms with Crippen LogP contribution < -0.4 is 9.47 Å². The second-order valence-electron chi connectivity index (χ2n) is 9.83. The van der Waals surface area contributed by atoms with Crippen LogP contribution in [0.5, 0.6) is 11.8 Å². The zero-order valence-corrected chi connectivity index (χ0v) is 20.2. The number of halogens is 3. The first-order valence-corrected chi connectivity index (χ1v) is 11.8. The molecule has 1 aromatic heterocycles. The van der Waals surface area contributed by atoms with Crippen LogP contribution in [0.3, 0.4) is 0 Å². The zero-order valence-electron chi connectivity index (χ0n) is 18.6. The van der Waals surface area contributed by atoms with Crippen molar-refractivity contribution >= 4 is 22.0 Å². The molecule has 0 N–H and O–H groups in total. The van der Waals surface area contributed by atoms with E-state index in [0.717, 1.165) is 21.2 Å². The molecule has 0 spiro atoms. The van der Waals surface area contributed by atoms with E-state index in [-0.39, 0.29) is 12.8 Å². The Hall–Kier alpha value is -2.42. The van der Waals surface area contributed by atoms with Crippen molar-refractivity contribution in [1.82, 2.24) is 9.88 Å². The van der Waals surface area contributed by atoms with E-state index < -0.39 is 35.8 Å². The summed E-state index contributed by atoms with van der Waals surface area (Å²) in [7, 11) is 0. The highest BCUT2D eigenvalue weighted by Gasteiger charge is 2.60. The molecule has 1 amide bonds. The van der Waals surface area contributed by atoms with Gasteiger partial charge in [0.15, 0.2) is 0 Å². The molecule has 6 nitrogen and oxygen atoms in total. The van der Waals surface area contributed by atoms with E-state index in [1.54, 1.807) is 26.8 Å². The summed E-state index contributed by atoms with van der Waals surface area (Å²) in [5, 5.41) is 0. The second kappa shape index (κ2) is 7.82. The van der Waals surface area contributed by atoms with E-state index in [2.05, 4.69) is 20.9 Å². The normalized spacial score (nSPS) is 25.0. The number of ether oxygens (including phenoxy) is 3. The Balaban J connectivity index is 1.33. The van der Waals surface area contributed by atoms with Crippen LogP contribution in [0.4, 0.5) is 13.6 Å². The van der Waals surface area contributed by atoms with Crippen molar-refractivity contribution in [3.63, 3.8) is 0 Å². The van der Waals surface area contributed by atoms with E-state index in [9.17, 15) is 13.6 Å².